The first kappa shape index (κ1) is 61.1. The molecule has 0 bridgehead atoms. The zero-order chi connectivity index (χ0) is 49.6. The van der Waals surface area contributed by atoms with Crippen LogP contribution in [0.1, 0.15) is 155 Å². The van der Waals surface area contributed by atoms with Crippen molar-refractivity contribution < 1.29 is 73.8 Å². The first-order chi connectivity index (χ1) is 33.0. The van der Waals surface area contributed by atoms with Gasteiger partial charge < -0.3 is 64.2 Å². The molecule has 4 unspecified atom stereocenters. The zero-order valence-electron chi connectivity index (χ0n) is 41.1. The van der Waals surface area contributed by atoms with Gasteiger partial charge in [-0.05, 0) is 57.8 Å². The van der Waals surface area contributed by atoms with Crippen LogP contribution in [0.5, 0.6) is 0 Å². The second-order valence-electron chi connectivity index (χ2n) is 17.7. The Morgan fingerprint density at radius 2 is 1.00 bits per heavy atom. The van der Waals surface area contributed by atoms with Crippen LogP contribution in [-0.4, -0.2) is 142 Å². The molecule has 0 aromatic heterocycles. The van der Waals surface area contributed by atoms with Crippen LogP contribution in [0.15, 0.2) is 72.9 Å². The second-order valence-corrected chi connectivity index (χ2v) is 17.7. The maximum atomic E-state index is 13.0. The fourth-order valence-electron chi connectivity index (χ4n) is 7.56. The first-order valence-electron chi connectivity index (χ1n) is 25.6. The van der Waals surface area contributed by atoms with Crippen molar-refractivity contribution in [2.45, 2.75) is 223 Å². The Labute approximate surface area is 406 Å². The minimum absolute atomic E-state index is 0.0921. The zero-order valence-corrected chi connectivity index (χ0v) is 41.1. The van der Waals surface area contributed by atoms with E-state index in [1.165, 1.54) is 57.8 Å². The summed E-state index contributed by atoms with van der Waals surface area (Å²) in [4.78, 5) is 25.7. The molecule has 390 valence electrons. The van der Waals surface area contributed by atoms with Crippen molar-refractivity contribution >= 4 is 11.9 Å². The number of esters is 2. The molecule has 0 amide bonds. The van der Waals surface area contributed by atoms with Crippen molar-refractivity contribution in [3.8, 4) is 0 Å². The summed E-state index contributed by atoms with van der Waals surface area (Å²) in [5.74, 6) is -1.01. The predicted molar refractivity (Wildman–Crippen MR) is 261 cm³/mol. The summed E-state index contributed by atoms with van der Waals surface area (Å²) in [6.07, 6.45) is 29.4. The number of carbonyl (C=O) groups excluding carboxylic acids is 2. The Kier molecular flexibility index (Phi) is 35.6. The molecular formula is C53H88O15. The lowest BCUT2D eigenvalue weighted by Gasteiger charge is -2.42. The molecular weight excluding hydrogens is 877 g/mol. The topological polar surface area (TPSA) is 231 Å². The number of hydrogen-bond donors (Lipinski definition) is 7. The Morgan fingerprint density at radius 1 is 0.500 bits per heavy atom. The van der Waals surface area contributed by atoms with Crippen molar-refractivity contribution in [2.24, 2.45) is 0 Å². The number of allylic oxidation sites excluding steroid dienone is 12. The van der Waals surface area contributed by atoms with E-state index in [0.717, 1.165) is 51.4 Å². The van der Waals surface area contributed by atoms with E-state index < -0.39 is 99.3 Å². The summed E-state index contributed by atoms with van der Waals surface area (Å²) in [6.45, 7) is 2.37. The van der Waals surface area contributed by atoms with Crippen molar-refractivity contribution in [3.63, 3.8) is 0 Å². The second kappa shape index (κ2) is 39.6. The molecule has 2 fully saturated rings. The van der Waals surface area contributed by atoms with Crippen LogP contribution in [0.4, 0.5) is 0 Å². The van der Waals surface area contributed by atoms with Gasteiger partial charge in [0.15, 0.2) is 18.7 Å². The number of hydrogen-bond acceptors (Lipinski definition) is 15. The van der Waals surface area contributed by atoms with Crippen LogP contribution < -0.4 is 0 Å². The molecule has 0 saturated carbocycles. The monoisotopic (exact) mass is 965 g/mol. The number of aliphatic hydroxyl groups is 7. The summed E-state index contributed by atoms with van der Waals surface area (Å²) in [7, 11) is 0. The third kappa shape index (κ3) is 27.4. The average Bonchev–Trinajstić information content (AvgIpc) is 3.33. The third-order valence-corrected chi connectivity index (χ3v) is 11.8. The highest BCUT2D eigenvalue weighted by Crippen LogP contribution is 2.26. The van der Waals surface area contributed by atoms with Gasteiger partial charge in [0.05, 0.1) is 19.8 Å². The first-order valence-corrected chi connectivity index (χ1v) is 25.6. The van der Waals surface area contributed by atoms with E-state index in [9.17, 15) is 45.3 Å². The molecule has 11 atom stereocenters. The minimum Gasteiger partial charge on any atom is -0.462 e. The molecule has 2 aliphatic rings. The number of carbonyl (C=O) groups is 2. The molecule has 0 spiro atoms. The highest BCUT2D eigenvalue weighted by atomic mass is 16.7. The Morgan fingerprint density at radius 3 is 1.62 bits per heavy atom. The van der Waals surface area contributed by atoms with E-state index in [0.29, 0.717) is 19.3 Å². The molecule has 0 aromatic carbocycles. The highest BCUT2D eigenvalue weighted by Gasteiger charge is 2.47. The molecule has 2 aliphatic heterocycles. The fraction of sp³-hybridized carbons (Fsp3) is 0.736. The van der Waals surface area contributed by atoms with Crippen LogP contribution in [0.2, 0.25) is 0 Å². The molecule has 15 nitrogen and oxygen atoms in total. The van der Waals surface area contributed by atoms with E-state index in [-0.39, 0.29) is 19.4 Å². The van der Waals surface area contributed by atoms with Gasteiger partial charge in [-0.3, -0.25) is 9.59 Å². The van der Waals surface area contributed by atoms with Gasteiger partial charge in [0.2, 0.25) is 0 Å². The van der Waals surface area contributed by atoms with Gasteiger partial charge in [-0.1, -0.05) is 157 Å². The smallest absolute Gasteiger partial charge is 0.306 e. The van der Waals surface area contributed by atoms with Gasteiger partial charge in [0.25, 0.3) is 0 Å². The molecule has 15 heteroatoms. The summed E-state index contributed by atoms with van der Waals surface area (Å²) in [5.41, 5.74) is 0. The van der Waals surface area contributed by atoms with Crippen LogP contribution in [0.3, 0.4) is 0 Å². The van der Waals surface area contributed by atoms with Crippen LogP contribution in [0, 0.1) is 0 Å². The minimum atomic E-state index is -1.78. The molecule has 68 heavy (non-hydrogen) atoms. The van der Waals surface area contributed by atoms with E-state index in [1.54, 1.807) is 0 Å². The van der Waals surface area contributed by atoms with Gasteiger partial charge in [-0.25, -0.2) is 0 Å². The van der Waals surface area contributed by atoms with Crippen LogP contribution >= 0.6 is 0 Å². The lowest BCUT2D eigenvalue weighted by molar-refractivity contribution is -0.332. The average molecular weight is 965 g/mol. The summed E-state index contributed by atoms with van der Waals surface area (Å²) in [5, 5.41) is 72.1. The van der Waals surface area contributed by atoms with Crippen molar-refractivity contribution in [1.29, 1.82) is 0 Å². The fourth-order valence-corrected chi connectivity index (χ4v) is 7.56. The van der Waals surface area contributed by atoms with E-state index in [1.807, 2.05) is 42.5 Å². The van der Waals surface area contributed by atoms with Gasteiger partial charge >= 0.3 is 11.9 Å². The maximum absolute atomic E-state index is 13.0. The highest BCUT2D eigenvalue weighted by molar-refractivity contribution is 5.70. The molecule has 2 saturated heterocycles. The Hall–Kier alpha value is -3.06. The molecule has 0 radical (unpaired) electrons. The third-order valence-electron chi connectivity index (χ3n) is 11.8. The molecule has 0 aromatic rings. The molecule has 2 rings (SSSR count). The van der Waals surface area contributed by atoms with E-state index >= 15 is 0 Å². The lowest BCUT2D eigenvalue weighted by atomic mass is 9.98. The molecule has 2 heterocycles. The van der Waals surface area contributed by atoms with Crippen molar-refractivity contribution in [2.75, 3.05) is 26.4 Å². The Bertz CT molecular complexity index is 1460. The van der Waals surface area contributed by atoms with Crippen LogP contribution in [0.25, 0.3) is 0 Å². The number of aliphatic hydroxyl groups excluding tert-OH is 7. The summed E-state index contributed by atoms with van der Waals surface area (Å²) < 4.78 is 33.5. The van der Waals surface area contributed by atoms with Gasteiger partial charge in [-0.15, -0.1) is 0 Å². The summed E-state index contributed by atoms with van der Waals surface area (Å²) >= 11 is 0. The largest absolute Gasteiger partial charge is 0.462 e. The number of unbranched alkanes of at least 4 members (excludes halogenated alkanes) is 15. The van der Waals surface area contributed by atoms with Gasteiger partial charge in [0, 0.05) is 12.8 Å². The normalized spacial score (nSPS) is 26.4. The standard InChI is InChI=1S/C53H88O15/c1-3-5-7-9-11-13-15-17-19-20-22-24-26-28-30-32-34-36-45(56)66-41(38-63-44(55)35-33-31-29-27-25-23-21-18-16-14-12-10-8-6-4-2)39-64-52-51(62)49(60)47(58)43(68-52)40-65-53-50(61)48(59)46(57)42(37-54)67-53/h6,8,10,12,14,16,18,21-22,24,28,30,41-43,46-54,57-62H,3-5,7,9,11,13,15,17,19-20,23,25-27,29,31-40H2,1-2H3/b8-6+,12-10+,16-14+,21-18+,24-22+,30-28+/t41-,42+,43+,46-,47-,48?,49?,50?,51?,52+,53+/m1/s1. The van der Waals surface area contributed by atoms with E-state index in [4.69, 9.17) is 28.4 Å². The molecule has 7 N–H and O–H groups in total. The summed E-state index contributed by atoms with van der Waals surface area (Å²) in [6, 6.07) is 0. The number of rotatable bonds is 38. The maximum Gasteiger partial charge on any atom is 0.306 e. The quantitative estimate of drug-likeness (QED) is 0.0142. The van der Waals surface area contributed by atoms with Gasteiger partial charge in [0.1, 0.15) is 55.4 Å². The van der Waals surface area contributed by atoms with Crippen molar-refractivity contribution in [1.82, 2.24) is 0 Å². The molecule has 0 aliphatic carbocycles. The van der Waals surface area contributed by atoms with Gasteiger partial charge in [-0.2, -0.15) is 0 Å². The SMILES string of the molecule is CC/C=C/C=C/C=C/C=C/CCCCCCCC(=O)OC[C@H](CO[C@H]1O[C@@H](CO[C@H]2O[C@@H](CO)[C@@H](O)C(O)C2O)[C@@H](O)C(O)C1O)OC(=O)CCC/C=C/C/C=C/CCCCCCCCCCC. The van der Waals surface area contributed by atoms with Crippen LogP contribution in [-0.2, 0) is 38.0 Å². The predicted octanol–water partition coefficient (Wildman–Crippen LogP) is 7.04. The number of ether oxygens (including phenoxy) is 6. The van der Waals surface area contributed by atoms with Crippen molar-refractivity contribution in [3.05, 3.63) is 72.9 Å². The Balaban J connectivity index is 1.85. The van der Waals surface area contributed by atoms with E-state index in [2.05, 4.69) is 44.2 Å². The lowest BCUT2D eigenvalue weighted by Crippen LogP contribution is -2.61.